The number of halogens is 4. The van der Waals surface area contributed by atoms with Gasteiger partial charge in [-0.2, -0.15) is 13.2 Å². The second-order valence-corrected chi connectivity index (χ2v) is 7.18. The number of hydrogen-bond acceptors (Lipinski definition) is 3. The molecule has 0 amide bonds. The molecule has 0 heterocycles. The first-order valence-corrected chi connectivity index (χ1v) is 9.42. The van der Waals surface area contributed by atoms with Crippen molar-refractivity contribution in [3.63, 3.8) is 0 Å². The minimum Gasteiger partial charge on any atom is -0.493 e. The topological polar surface area (TPSA) is 55.8 Å². The highest BCUT2D eigenvalue weighted by atomic mass is 35.5. The van der Waals surface area contributed by atoms with Gasteiger partial charge in [0.05, 0.1) is 29.7 Å². The molecule has 8 heteroatoms. The van der Waals surface area contributed by atoms with Crippen LogP contribution in [0.4, 0.5) is 13.2 Å². The molecule has 158 valence electrons. The first-order chi connectivity index (χ1) is 13.6. The monoisotopic (exact) mass is 430 g/mol. The lowest BCUT2D eigenvalue weighted by atomic mass is 9.98. The van der Waals surface area contributed by atoms with Crippen LogP contribution in [0.3, 0.4) is 0 Å². The van der Waals surface area contributed by atoms with Gasteiger partial charge in [0.25, 0.3) is 0 Å². The number of alkyl halides is 3. The second kappa shape index (κ2) is 9.87. The summed E-state index contributed by atoms with van der Waals surface area (Å²) in [6.45, 7) is 3.95. The highest BCUT2D eigenvalue weighted by Crippen LogP contribution is 2.35. The molecule has 0 spiro atoms. The Balaban J connectivity index is 1.82. The van der Waals surface area contributed by atoms with E-state index in [0.29, 0.717) is 18.8 Å². The van der Waals surface area contributed by atoms with Crippen LogP contribution >= 0.6 is 11.6 Å². The predicted octanol–water partition coefficient (Wildman–Crippen LogP) is 6.17. The average molecular weight is 431 g/mol. The number of hydrogen-bond donors (Lipinski definition) is 1. The third-order valence-electron chi connectivity index (χ3n) is 4.31. The standard InChI is InChI=1S/C21H22ClF3O4/c1-13(11-20(26)27)15-3-6-17(7-4-15)28-10-9-14(2)29-19-8-5-16(12-18(19)22)21(23,24)25/h3-8,12-14H,9-11H2,1-2H3,(H,26,27)/t13?,14-/m1/s1. The Hall–Kier alpha value is -2.41. The molecule has 1 unspecified atom stereocenters. The van der Waals surface area contributed by atoms with Crippen LogP contribution in [-0.4, -0.2) is 23.8 Å². The molecule has 0 aliphatic rings. The molecule has 0 radical (unpaired) electrons. The Labute approximate surface area is 172 Å². The number of carbonyl (C=O) groups is 1. The van der Waals surface area contributed by atoms with Gasteiger partial charge in [0, 0.05) is 6.42 Å². The average Bonchev–Trinajstić information content (AvgIpc) is 2.62. The second-order valence-electron chi connectivity index (χ2n) is 6.78. The van der Waals surface area contributed by atoms with Gasteiger partial charge in [-0.15, -0.1) is 0 Å². The Morgan fingerprint density at radius 2 is 1.79 bits per heavy atom. The van der Waals surface area contributed by atoms with Crippen molar-refractivity contribution in [1.29, 1.82) is 0 Å². The van der Waals surface area contributed by atoms with Crippen molar-refractivity contribution >= 4 is 17.6 Å². The van der Waals surface area contributed by atoms with Crippen molar-refractivity contribution in [1.82, 2.24) is 0 Å². The van der Waals surface area contributed by atoms with E-state index in [-0.39, 0.29) is 29.2 Å². The van der Waals surface area contributed by atoms with Crippen molar-refractivity contribution in [2.24, 2.45) is 0 Å². The van der Waals surface area contributed by atoms with Gasteiger partial charge in [-0.1, -0.05) is 30.7 Å². The first kappa shape index (κ1) is 22.9. The van der Waals surface area contributed by atoms with Crippen LogP contribution in [0.5, 0.6) is 11.5 Å². The number of rotatable bonds is 9. The maximum Gasteiger partial charge on any atom is 0.416 e. The fourth-order valence-electron chi connectivity index (χ4n) is 2.66. The minimum absolute atomic E-state index is 0.0571. The van der Waals surface area contributed by atoms with Crippen molar-refractivity contribution in [2.45, 2.75) is 44.9 Å². The summed E-state index contributed by atoms with van der Waals surface area (Å²) in [5.41, 5.74) is 0.0837. The van der Waals surface area contributed by atoms with Crippen LogP contribution in [0, 0.1) is 0 Å². The molecular formula is C21H22ClF3O4. The summed E-state index contributed by atoms with van der Waals surface area (Å²) in [7, 11) is 0. The summed E-state index contributed by atoms with van der Waals surface area (Å²) in [5, 5.41) is 8.75. The van der Waals surface area contributed by atoms with Gasteiger partial charge in [-0.3, -0.25) is 4.79 Å². The van der Waals surface area contributed by atoms with Crippen LogP contribution in [-0.2, 0) is 11.0 Å². The van der Waals surface area contributed by atoms with E-state index in [2.05, 4.69) is 0 Å². The lowest BCUT2D eigenvalue weighted by molar-refractivity contribution is -0.138. The number of benzene rings is 2. The zero-order valence-corrected chi connectivity index (χ0v) is 16.8. The molecule has 2 aromatic carbocycles. The Kier molecular flexibility index (Phi) is 7.79. The molecule has 0 aliphatic heterocycles. The fourth-order valence-corrected chi connectivity index (χ4v) is 2.89. The van der Waals surface area contributed by atoms with Gasteiger partial charge in [0.15, 0.2) is 0 Å². The normalized spacial score (nSPS) is 13.6. The zero-order valence-electron chi connectivity index (χ0n) is 16.0. The highest BCUT2D eigenvalue weighted by Gasteiger charge is 2.31. The molecule has 0 aliphatic carbocycles. The summed E-state index contributed by atoms with van der Waals surface area (Å²) in [6.07, 6.45) is -4.22. The van der Waals surface area contributed by atoms with Gasteiger partial charge in [0.2, 0.25) is 0 Å². The van der Waals surface area contributed by atoms with E-state index < -0.39 is 17.7 Å². The lowest BCUT2D eigenvalue weighted by Gasteiger charge is -2.17. The molecule has 2 rings (SSSR count). The smallest absolute Gasteiger partial charge is 0.416 e. The summed E-state index contributed by atoms with van der Waals surface area (Å²) in [5.74, 6) is -0.122. The van der Waals surface area contributed by atoms with Gasteiger partial charge >= 0.3 is 12.1 Å². The van der Waals surface area contributed by atoms with Crippen LogP contribution in [0.1, 0.15) is 43.7 Å². The van der Waals surface area contributed by atoms with Crippen LogP contribution < -0.4 is 9.47 Å². The van der Waals surface area contributed by atoms with E-state index >= 15 is 0 Å². The number of aliphatic carboxylic acids is 1. The maximum atomic E-state index is 12.7. The molecule has 0 saturated heterocycles. The first-order valence-electron chi connectivity index (χ1n) is 9.04. The van der Waals surface area contributed by atoms with E-state index in [1.165, 1.54) is 6.07 Å². The molecular weight excluding hydrogens is 409 g/mol. The third kappa shape index (κ3) is 7.16. The van der Waals surface area contributed by atoms with Crippen molar-refractivity contribution in [3.8, 4) is 11.5 Å². The van der Waals surface area contributed by atoms with Gasteiger partial charge in [-0.25, -0.2) is 0 Å². The van der Waals surface area contributed by atoms with Gasteiger partial charge in [0.1, 0.15) is 11.5 Å². The Morgan fingerprint density at radius 3 is 2.34 bits per heavy atom. The van der Waals surface area contributed by atoms with E-state index in [1.54, 1.807) is 19.1 Å². The zero-order chi connectivity index (χ0) is 21.6. The maximum absolute atomic E-state index is 12.7. The van der Waals surface area contributed by atoms with Crippen molar-refractivity contribution in [3.05, 3.63) is 58.6 Å². The third-order valence-corrected chi connectivity index (χ3v) is 4.61. The van der Waals surface area contributed by atoms with Crippen LogP contribution in [0.25, 0.3) is 0 Å². The molecule has 29 heavy (non-hydrogen) atoms. The summed E-state index contributed by atoms with van der Waals surface area (Å²) in [6, 6.07) is 10.2. The van der Waals surface area contributed by atoms with Crippen molar-refractivity contribution < 1.29 is 32.5 Å². The summed E-state index contributed by atoms with van der Waals surface area (Å²) >= 11 is 5.89. The molecule has 0 aromatic heterocycles. The van der Waals surface area contributed by atoms with E-state index in [1.807, 2.05) is 19.1 Å². The molecule has 0 saturated carbocycles. The SMILES string of the molecule is CC(CC(=O)O)c1ccc(OCC[C@@H](C)Oc2ccc(C(F)(F)F)cc2Cl)cc1. The molecule has 1 N–H and O–H groups in total. The highest BCUT2D eigenvalue weighted by molar-refractivity contribution is 6.32. The predicted molar refractivity (Wildman–Crippen MR) is 104 cm³/mol. The molecule has 4 nitrogen and oxygen atoms in total. The molecule has 2 atom stereocenters. The summed E-state index contributed by atoms with van der Waals surface area (Å²) in [4.78, 5) is 10.8. The Morgan fingerprint density at radius 1 is 1.14 bits per heavy atom. The van der Waals surface area contributed by atoms with Gasteiger partial charge < -0.3 is 14.6 Å². The number of carboxylic acid groups (broad SMARTS) is 1. The Bertz CT molecular complexity index is 822. The van der Waals surface area contributed by atoms with Crippen LogP contribution in [0.2, 0.25) is 5.02 Å². The quantitative estimate of drug-likeness (QED) is 0.516. The van der Waals surface area contributed by atoms with E-state index in [9.17, 15) is 18.0 Å². The number of carboxylic acids is 1. The van der Waals surface area contributed by atoms with E-state index in [4.69, 9.17) is 26.2 Å². The molecule has 0 fully saturated rings. The van der Waals surface area contributed by atoms with Gasteiger partial charge in [-0.05, 0) is 48.7 Å². The molecule has 2 aromatic rings. The lowest BCUT2D eigenvalue weighted by Crippen LogP contribution is -2.16. The van der Waals surface area contributed by atoms with E-state index in [0.717, 1.165) is 17.7 Å². The largest absolute Gasteiger partial charge is 0.493 e. The number of ether oxygens (including phenoxy) is 2. The minimum atomic E-state index is -4.46. The van der Waals surface area contributed by atoms with Crippen LogP contribution in [0.15, 0.2) is 42.5 Å². The fraction of sp³-hybridized carbons (Fsp3) is 0.381. The van der Waals surface area contributed by atoms with Crippen molar-refractivity contribution in [2.75, 3.05) is 6.61 Å². The molecule has 0 bridgehead atoms. The summed E-state index contributed by atoms with van der Waals surface area (Å²) < 4.78 is 49.3.